The Labute approximate surface area is 184 Å². The molecule has 0 atom stereocenters. The third-order valence-electron chi connectivity index (χ3n) is 6.07. The number of benzene rings is 2. The van der Waals surface area contributed by atoms with E-state index in [9.17, 15) is 4.79 Å². The quantitative estimate of drug-likeness (QED) is 0.448. The fourth-order valence-corrected chi connectivity index (χ4v) is 4.59. The van der Waals surface area contributed by atoms with Gasteiger partial charge in [0.2, 0.25) is 0 Å². The SMILES string of the molecule is Cc1ccc(C(=O)N(Cc2cccn2Cc2cccc(Cl)c2)C2CCCCC2)cc1. The van der Waals surface area contributed by atoms with E-state index in [1.807, 2.05) is 42.5 Å². The molecule has 3 nitrogen and oxygen atoms in total. The molecule has 1 fully saturated rings. The van der Waals surface area contributed by atoms with Crippen LogP contribution in [0.1, 0.15) is 59.3 Å². The van der Waals surface area contributed by atoms with Crippen LogP contribution in [0.5, 0.6) is 0 Å². The Morgan fingerprint density at radius 2 is 1.80 bits per heavy atom. The lowest BCUT2D eigenvalue weighted by Gasteiger charge is -2.35. The second kappa shape index (κ2) is 9.53. The van der Waals surface area contributed by atoms with Crippen molar-refractivity contribution in [2.75, 3.05) is 0 Å². The summed E-state index contributed by atoms with van der Waals surface area (Å²) in [5.74, 6) is 0.136. The molecule has 4 rings (SSSR count). The Balaban J connectivity index is 1.58. The minimum Gasteiger partial charge on any atom is -0.345 e. The van der Waals surface area contributed by atoms with Crippen LogP contribution in [-0.2, 0) is 13.1 Å². The first-order valence-corrected chi connectivity index (χ1v) is 11.2. The molecule has 1 heterocycles. The van der Waals surface area contributed by atoms with E-state index in [0.29, 0.717) is 12.6 Å². The first-order chi connectivity index (χ1) is 14.6. The summed E-state index contributed by atoms with van der Waals surface area (Å²) in [6.07, 6.45) is 7.94. The second-order valence-corrected chi connectivity index (χ2v) is 8.78. The van der Waals surface area contributed by atoms with Gasteiger partial charge in [-0.05, 0) is 61.7 Å². The van der Waals surface area contributed by atoms with Gasteiger partial charge in [-0.2, -0.15) is 0 Å². The van der Waals surface area contributed by atoms with Crippen LogP contribution in [0, 0.1) is 6.92 Å². The molecule has 0 aliphatic heterocycles. The molecule has 0 spiro atoms. The van der Waals surface area contributed by atoms with E-state index in [1.54, 1.807) is 0 Å². The highest BCUT2D eigenvalue weighted by molar-refractivity contribution is 6.30. The Bertz CT molecular complexity index is 986. The molecule has 156 valence electrons. The van der Waals surface area contributed by atoms with Crippen molar-refractivity contribution in [1.82, 2.24) is 9.47 Å². The number of carbonyl (C=O) groups excluding carboxylic acids is 1. The Hall–Kier alpha value is -2.52. The number of rotatable bonds is 6. The Morgan fingerprint density at radius 3 is 2.53 bits per heavy atom. The highest BCUT2D eigenvalue weighted by Gasteiger charge is 2.27. The second-order valence-electron chi connectivity index (χ2n) is 8.35. The number of halogens is 1. The average molecular weight is 421 g/mol. The highest BCUT2D eigenvalue weighted by atomic mass is 35.5. The van der Waals surface area contributed by atoms with E-state index in [1.165, 1.54) is 24.8 Å². The third-order valence-corrected chi connectivity index (χ3v) is 6.31. The molecular weight excluding hydrogens is 392 g/mol. The maximum atomic E-state index is 13.5. The number of aryl methyl sites for hydroxylation is 1. The maximum absolute atomic E-state index is 13.5. The van der Waals surface area contributed by atoms with E-state index in [4.69, 9.17) is 11.6 Å². The Kier molecular flexibility index (Phi) is 6.59. The minimum atomic E-state index is 0.136. The van der Waals surface area contributed by atoms with E-state index in [-0.39, 0.29) is 5.91 Å². The molecule has 0 bridgehead atoms. The smallest absolute Gasteiger partial charge is 0.254 e. The van der Waals surface area contributed by atoms with Crippen LogP contribution >= 0.6 is 11.6 Å². The molecule has 1 aliphatic carbocycles. The van der Waals surface area contributed by atoms with Gasteiger partial charge >= 0.3 is 0 Å². The van der Waals surface area contributed by atoms with Gasteiger partial charge in [0.1, 0.15) is 0 Å². The zero-order valence-electron chi connectivity index (χ0n) is 17.6. The first-order valence-electron chi connectivity index (χ1n) is 10.9. The van der Waals surface area contributed by atoms with Gasteiger partial charge in [0.05, 0.1) is 6.54 Å². The number of aromatic nitrogens is 1. The van der Waals surface area contributed by atoms with E-state index in [2.05, 4.69) is 40.8 Å². The molecule has 1 amide bonds. The number of amides is 1. The average Bonchev–Trinajstić information content (AvgIpc) is 3.19. The molecule has 1 aromatic heterocycles. The summed E-state index contributed by atoms with van der Waals surface area (Å²) < 4.78 is 2.23. The van der Waals surface area contributed by atoms with Crippen molar-refractivity contribution in [3.05, 3.63) is 94.3 Å². The van der Waals surface area contributed by atoms with Crippen LogP contribution in [-0.4, -0.2) is 21.4 Å². The molecule has 4 heteroatoms. The lowest BCUT2D eigenvalue weighted by Crippen LogP contribution is -2.41. The molecule has 30 heavy (non-hydrogen) atoms. The van der Waals surface area contributed by atoms with Gasteiger partial charge in [-0.1, -0.05) is 60.7 Å². The van der Waals surface area contributed by atoms with E-state index in [0.717, 1.165) is 41.2 Å². The zero-order chi connectivity index (χ0) is 20.9. The summed E-state index contributed by atoms with van der Waals surface area (Å²) >= 11 is 6.17. The fourth-order valence-electron chi connectivity index (χ4n) is 4.38. The molecule has 1 aliphatic rings. The van der Waals surface area contributed by atoms with Crippen molar-refractivity contribution in [3.63, 3.8) is 0 Å². The van der Waals surface area contributed by atoms with Crippen LogP contribution in [0.15, 0.2) is 66.9 Å². The third kappa shape index (κ3) is 4.96. The van der Waals surface area contributed by atoms with E-state index < -0.39 is 0 Å². The first kappa shape index (κ1) is 20.7. The lowest BCUT2D eigenvalue weighted by molar-refractivity contribution is 0.0608. The van der Waals surface area contributed by atoms with Crippen molar-refractivity contribution in [2.24, 2.45) is 0 Å². The molecule has 1 saturated carbocycles. The number of hydrogen-bond acceptors (Lipinski definition) is 1. The van der Waals surface area contributed by atoms with Crippen LogP contribution in [0.2, 0.25) is 5.02 Å². The largest absolute Gasteiger partial charge is 0.345 e. The van der Waals surface area contributed by atoms with Gasteiger partial charge < -0.3 is 9.47 Å². The van der Waals surface area contributed by atoms with E-state index >= 15 is 0 Å². The zero-order valence-corrected chi connectivity index (χ0v) is 18.3. The maximum Gasteiger partial charge on any atom is 0.254 e. The number of nitrogens with zero attached hydrogens (tertiary/aromatic N) is 2. The van der Waals surface area contributed by atoms with Crippen LogP contribution in [0.3, 0.4) is 0 Å². The molecule has 0 N–H and O–H groups in total. The molecule has 0 unspecified atom stereocenters. The van der Waals surface area contributed by atoms with Crippen LogP contribution in [0.25, 0.3) is 0 Å². The van der Waals surface area contributed by atoms with Gasteiger partial charge in [0.15, 0.2) is 0 Å². The summed E-state index contributed by atoms with van der Waals surface area (Å²) in [5.41, 5.74) is 4.26. The summed E-state index contributed by atoms with van der Waals surface area (Å²) in [4.78, 5) is 15.6. The number of carbonyl (C=O) groups is 1. The van der Waals surface area contributed by atoms with Crippen molar-refractivity contribution in [1.29, 1.82) is 0 Å². The fraction of sp³-hybridized carbons (Fsp3) is 0.346. The molecule has 0 radical (unpaired) electrons. The van der Waals surface area contributed by atoms with Crippen molar-refractivity contribution >= 4 is 17.5 Å². The summed E-state index contributed by atoms with van der Waals surface area (Å²) in [5, 5.41) is 0.750. The minimum absolute atomic E-state index is 0.136. The van der Waals surface area contributed by atoms with Crippen LogP contribution < -0.4 is 0 Å². The van der Waals surface area contributed by atoms with Crippen LogP contribution in [0.4, 0.5) is 0 Å². The monoisotopic (exact) mass is 420 g/mol. The summed E-state index contributed by atoms with van der Waals surface area (Å²) in [7, 11) is 0. The number of hydrogen-bond donors (Lipinski definition) is 0. The predicted octanol–water partition coefficient (Wildman–Crippen LogP) is 6.47. The molecular formula is C26H29ClN2O. The predicted molar refractivity (Wildman–Crippen MR) is 123 cm³/mol. The molecule has 2 aromatic carbocycles. The topological polar surface area (TPSA) is 25.2 Å². The summed E-state index contributed by atoms with van der Waals surface area (Å²) in [6.45, 7) is 3.43. The Morgan fingerprint density at radius 1 is 1.03 bits per heavy atom. The normalized spacial score (nSPS) is 14.6. The van der Waals surface area contributed by atoms with Gasteiger partial charge in [-0.25, -0.2) is 0 Å². The van der Waals surface area contributed by atoms with Crippen molar-refractivity contribution in [2.45, 2.75) is 58.2 Å². The molecule has 0 saturated heterocycles. The van der Waals surface area contributed by atoms with Crippen molar-refractivity contribution in [3.8, 4) is 0 Å². The van der Waals surface area contributed by atoms with Gasteiger partial charge in [0.25, 0.3) is 5.91 Å². The van der Waals surface area contributed by atoms with Gasteiger partial charge in [-0.3, -0.25) is 4.79 Å². The van der Waals surface area contributed by atoms with Gasteiger partial charge in [0, 0.05) is 35.1 Å². The highest BCUT2D eigenvalue weighted by Crippen LogP contribution is 2.26. The summed E-state index contributed by atoms with van der Waals surface area (Å²) in [6, 6.07) is 20.4. The van der Waals surface area contributed by atoms with Crippen molar-refractivity contribution < 1.29 is 4.79 Å². The standard InChI is InChI=1S/C26H29ClN2O/c1-20-12-14-22(15-13-20)26(30)29(24-9-3-2-4-10-24)19-25-11-6-16-28(25)18-21-7-5-8-23(27)17-21/h5-8,11-17,24H,2-4,9-10,18-19H2,1H3. The lowest BCUT2D eigenvalue weighted by atomic mass is 9.93. The van der Waals surface area contributed by atoms with Gasteiger partial charge in [-0.15, -0.1) is 0 Å². The molecule has 3 aromatic rings.